The Labute approximate surface area is 181 Å². The number of aliphatic carboxylic acids is 1. The molecule has 6 nitrogen and oxygen atoms in total. The summed E-state index contributed by atoms with van der Waals surface area (Å²) in [4.78, 5) is 33.8. The van der Waals surface area contributed by atoms with Gasteiger partial charge in [-0.1, -0.05) is 50.2 Å². The molecule has 0 atom stereocenters. The van der Waals surface area contributed by atoms with Crippen molar-refractivity contribution in [2.45, 2.75) is 33.1 Å². The third kappa shape index (κ3) is 11.4. The van der Waals surface area contributed by atoms with Crippen molar-refractivity contribution >= 4 is 28.6 Å². The van der Waals surface area contributed by atoms with Gasteiger partial charge in [0.1, 0.15) is 0 Å². The number of ketones is 1. The fourth-order valence-corrected chi connectivity index (χ4v) is 2.17. The van der Waals surface area contributed by atoms with Gasteiger partial charge in [-0.3, -0.25) is 9.59 Å². The smallest absolute Gasteiger partial charge is 0.384 e. The summed E-state index contributed by atoms with van der Waals surface area (Å²) in [5.74, 6) is -1.17. The maximum Gasteiger partial charge on any atom is 0.384 e. The van der Waals surface area contributed by atoms with Crippen molar-refractivity contribution in [1.29, 1.82) is 5.26 Å². The van der Waals surface area contributed by atoms with Crippen LogP contribution in [0.5, 0.6) is 0 Å². The number of benzene rings is 2. The van der Waals surface area contributed by atoms with Gasteiger partial charge < -0.3 is 9.95 Å². The fraction of sp³-hybridized carbons (Fsp3) is 0.261. The Hall–Kier alpha value is -3.48. The highest BCUT2D eigenvalue weighted by Gasteiger charge is 2.03. The summed E-state index contributed by atoms with van der Waals surface area (Å²) >= 11 is 5.26. The molecule has 2 rings (SSSR count). The van der Waals surface area contributed by atoms with Crippen LogP contribution < -0.4 is 0 Å². The van der Waals surface area contributed by atoms with E-state index in [1.807, 2.05) is 30.3 Å². The van der Waals surface area contributed by atoms with Crippen molar-refractivity contribution in [2.24, 2.45) is 0 Å². The van der Waals surface area contributed by atoms with E-state index in [1.165, 1.54) is 11.1 Å². The minimum Gasteiger partial charge on any atom is -0.476 e. The van der Waals surface area contributed by atoms with Crippen LogP contribution in [0, 0.1) is 17.9 Å². The lowest BCUT2D eigenvalue weighted by Crippen LogP contribution is -1.96. The molecular formula is C23H23ClN2O4. The molecule has 0 spiro atoms. The number of nitriles is 1. The molecule has 1 N–H and O–H groups in total. The quantitative estimate of drug-likeness (QED) is 0.399. The van der Waals surface area contributed by atoms with Crippen molar-refractivity contribution < 1.29 is 19.5 Å². The topological polar surface area (TPSA) is 99.6 Å². The highest BCUT2D eigenvalue weighted by Crippen LogP contribution is 2.07. The van der Waals surface area contributed by atoms with Gasteiger partial charge in [-0.25, -0.2) is 11.4 Å². The molecule has 2 aromatic rings. The Morgan fingerprint density at radius 1 is 0.967 bits per heavy atom. The number of halogens is 1. The van der Waals surface area contributed by atoms with Crippen molar-refractivity contribution in [2.75, 3.05) is 6.54 Å². The third-order valence-corrected chi connectivity index (χ3v) is 3.95. The van der Waals surface area contributed by atoms with Crippen LogP contribution in [0.4, 0.5) is 0 Å². The molecule has 0 saturated carbocycles. The van der Waals surface area contributed by atoms with Gasteiger partial charge in [0.25, 0.3) is 5.24 Å². The molecule has 0 aliphatic rings. The zero-order valence-electron chi connectivity index (χ0n) is 16.9. The van der Waals surface area contributed by atoms with Gasteiger partial charge in [0.05, 0.1) is 12.5 Å². The number of carbonyl (C=O) groups excluding carboxylic acids is 2. The molecule has 0 fully saturated rings. The number of aryl methyl sites for hydroxylation is 2. The fourth-order valence-electron chi connectivity index (χ4n) is 2.04. The molecule has 0 saturated heterocycles. The molecule has 30 heavy (non-hydrogen) atoms. The summed E-state index contributed by atoms with van der Waals surface area (Å²) in [5.41, 5.74) is 3.60. The van der Waals surface area contributed by atoms with Crippen molar-refractivity contribution in [3.05, 3.63) is 82.2 Å². The molecule has 0 heterocycles. The molecule has 0 amide bonds. The van der Waals surface area contributed by atoms with Gasteiger partial charge in [0.15, 0.2) is 5.78 Å². The third-order valence-electron chi connectivity index (χ3n) is 3.73. The highest BCUT2D eigenvalue weighted by molar-refractivity contribution is 6.67. The maximum atomic E-state index is 11.2. The Bertz CT molecular complexity index is 908. The molecule has 0 unspecified atom stereocenters. The van der Waals surface area contributed by atoms with E-state index in [2.05, 4.69) is 18.7 Å². The van der Waals surface area contributed by atoms with Crippen LogP contribution in [0.25, 0.3) is 4.85 Å². The van der Waals surface area contributed by atoms with Crippen molar-refractivity contribution in [1.82, 2.24) is 0 Å². The Morgan fingerprint density at radius 3 is 1.67 bits per heavy atom. The lowest BCUT2D eigenvalue weighted by atomic mass is 10.1. The predicted molar refractivity (Wildman–Crippen MR) is 115 cm³/mol. The lowest BCUT2D eigenvalue weighted by Gasteiger charge is -1.98. The first-order valence-corrected chi connectivity index (χ1v) is 9.49. The van der Waals surface area contributed by atoms with E-state index in [-0.39, 0.29) is 12.2 Å². The molecule has 2 aromatic carbocycles. The zero-order valence-corrected chi connectivity index (χ0v) is 17.6. The summed E-state index contributed by atoms with van der Waals surface area (Å²) in [5, 5.41) is 15.6. The van der Waals surface area contributed by atoms with Gasteiger partial charge in [0, 0.05) is 11.1 Å². The first kappa shape index (κ1) is 26.5. The van der Waals surface area contributed by atoms with E-state index < -0.39 is 17.8 Å². The van der Waals surface area contributed by atoms with Crippen LogP contribution in [0.1, 0.15) is 52.1 Å². The standard InChI is InChI=1S/C11H11NO.C9H9ClO.C3H3NO2/c1-2-9-3-5-10(6-4-9)11(13)7-8-12;1-2-7-3-5-8(6-4-7)9(10)11;1-4-2-3(5)6/h3-6H,2,7H2,1H3;3-6H,2H2,1H3;2H2,(H,5,6). The molecule has 0 aliphatic carbocycles. The molecular weight excluding hydrogens is 404 g/mol. The predicted octanol–water partition coefficient (Wildman–Crippen LogP) is 4.96. The maximum absolute atomic E-state index is 11.2. The number of rotatable bonds is 6. The number of Topliss-reactive ketones (excluding diaryl/α,β-unsaturated/α-hetero) is 1. The van der Waals surface area contributed by atoms with Crippen molar-refractivity contribution in [3.63, 3.8) is 0 Å². The lowest BCUT2D eigenvalue weighted by molar-refractivity contribution is -0.134. The summed E-state index contributed by atoms with van der Waals surface area (Å²) in [7, 11) is 0. The molecule has 0 radical (unpaired) electrons. The van der Waals surface area contributed by atoms with E-state index in [1.54, 1.807) is 24.3 Å². The number of carboxylic acid groups (broad SMARTS) is 1. The minimum absolute atomic E-state index is 0.0362. The summed E-state index contributed by atoms with van der Waals surface area (Å²) < 4.78 is 0. The monoisotopic (exact) mass is 426 g/mol. The van der Waals surface area contributed by atoms with E-state index >= 15 is 0 Å². The second-order valence-corrected chi connectivity index (χ2v) is 6.19. The molecule has 0 aromatic heterocycles. The van der Waals surface area contributed by atoms with E-state index in [4.69, 9.17) is 28.5 Å². The van der Waals surface area contributed by atoms with Gasteiger partial charge >= 0.3 is 12.5 Å². The largest absolute Gasteiger partial charge is 0.476 e. The second kappa shape index (κ2) is 15.4. The van der Waals surface area contributed by atoms with Crippen molar-refractivity contribution in [3.8, 4) is 6.07 Å². The summed E-state index contributed by atoms with van der Waals surface area (Å²) in [6, 6.07) is 16.6. The molecule has 7 heteroatoms. The van der Waals surface area contributed by atoms with Gasteiger partial charge in [-0.15, -0.1) is 0 Å². The van der Waals surface area contributed by atoms with Crippen LogP contribution in [-0.2, 0) is 17.6 Å². The molecule has 0 aliphatic heterocycles. The average molecular weight is 427 g/mol. The number of hydrogen-bond acceptors (Lipinski definition) is 4. The summed E-state index contributed by atoms with van der Waals surface area (Å²) in [6.07, 6.45) is 1.91. The van der Waals surface area contributed by atoms with E-state index in [9.17, 15) is 14.4 Å². The Balaban J connectivity index is 0.000000450. The van der Waals surface area contributed by atoms with Gasteiger partial charge in [-0.05, 0) is 47.7 Å². The number of carboxylic acids is 1. The highest BCUT2D eigenvalue weighted by atomic mass is 35.5. The normalized spacial score (nSPS) is 8.83. The number of hydrogen-bond donors (Lipinski definition) is 1. The van der Waals surface area contributed by atoms with E-state index in [0.29, 0.717) is 11.1 Å². The Kier molecular flexibility index (Phi) is 13.7. The van der Waals surface area contributed by atoms with Crippen LogP contribution in [0.2, 0.25) is 0 Å². The first-order chi connectivity index (χ1) is 14.3. The zero-order chi connectivity index (χ0) is 22.9. The van der Waals surface area contributed by atoms with Crippen LogP contribution in [-0.4, -0.2) is 28.6 Å². The van der Waals surface area contributed by atoms with Gasteiger partial charge in [-0.2, -0.15) is 5.26 Å². The Morgan fingerprint density at radius 2 is 1.40 bits per heavy atom. The van der Waals surface area contributed by atoms with Crippen LogP contribution >= 0.6 is 11.6 Å². The minimum atomic E-state index is -1.06. The SMILES string of the molecule is CCc1ccc(C(=O)CC#N)cc1.CCc1ccc(C(=O)Cl)cc1.[C-]#[N+]CC(=O)O. The average Bonchev–Trinajstić information content (AvgIpc) is 2.75. The van der Waals surface area contributed by atoms with E-state index in [0.717, 1.165) is 12.8 Å². The van der Waals surface area contributed by atoms with Gasteiger partial charge in [0.2, 0.25) is 0 Å². The number of nitrogens with zero attached hydrogens (tertiary/aromatic N) is 2. The second-order valence-electron chi connectivity index (χ2n) is 5.84. The first-order valence-electron chi connectivity index (χ1n) is 9.11. The summed E-state index contributed by atoms with van der Waals surface area (Å²) in [6.45, 7) is 9.69. The molecule has 0 bridgehead atoms. The molecule has 156 valence electrons. The van der Waals surface area contributed by atoms with Crippen LogP contribution in [0.15, 0.2) is 48.5 Å². The van der Waals surface area contributed by atoms with Crippen LogP contribution in [0.3, 0.4) is 0 Å². The number of carbonyl (C=O) groups is 3.